The molecule has 0 unspecified atom stereocenters. The first kappa shape index (κ1) is 46.7. The van der Waals surface area contributed by atoms with Crippen molar-refractivity contribution < 1.29 is 19.1 Å². The van der Waals surface area contributed by atoms with Crippen LogP contribution >= 0.6 is 0 Å². The number of allylic oxidation sites excluding steroid dienone is 4. The minimum atomic E-state index is 0.240. The van der Waals surface area contributed by atoms with E-state index >= 15 is 0 Å². The Balaban J connectivity index is 3.96. The second-order valence-electron chi connectivity index (χ2n) is 15.1. The summed E-state index contributed by atoms with van der Waals surface area (Å²) in [6.07, 6.45) is 49.3. The number of aliphatic hydroxyl groups excluding tert-OH is 1. The molecule has 0 aromatic rings. The highest BCUT2D eigenvalue weighted by atomic mass is 16.5. The first-order valence-electron chi connectivity index (χ1n) is 21.2. The molecule has 0 radical (unpaired) electrons. The third-order valence-corrected chi connectivity index (χ3v) is 9.44. The molecule has 0 heterocycles. The Morgan fingerprint density at radius 3 is 1.27 bits per heavy atom. The second-order valence-corrected chi connectivity index (χ2v) is 15.1. The first-order valence-corrected chi connectivity index (χ1v) is 21.2. The van der Waals surface area contributed by atoms with Crippen LogP contribution in [0.4, 0.5) is 0 Å². The lowest BCUT2D eigenvalue weighted by atomic mass is 10.1. The number of hydrogen-bond donors (Lipinski definition) is 1. The molecule has 0 aromatic heterocycles. The van der Waals surface area contributed by atoms with Crippen LogP contribution in [0.5, 0.6) is 0 Å². The highest BCUT2D eigenvalue weighted by molar-refractivity contribution is 4.88. The van der Waals surface area contributed by atoms with Crippen LogP contribution in [0.1, 0.15) is 200 Å². The molecule has 0 rings (SSSR count). The van der Waals surface area contributed by atoms with E-state index < -0.39 is 0 Å². The number of aliphatic hydroxyl groups is 1. The Morgan fingerprint density at radius 2 is 0.854 bits per heavy atom. The number of rotatable bonds is 39. The van der Waals surface area contributed by atoms with E-state index in [1.54, 1.807) is 0 Å². The molecular formula is C44H86NO3+. The molecule has 0 atom stereocenters. The molecule has 0 fully saturated rings. The van der Waals surface area contributed by atoms with Crippen molar-refractivity contribution in [3.63, 3.8) is 0 Å². The Bertz CT molecular complexity index is 714. The fraction of sp³-hybridized carbons (Fsp3) is 0.864. The average Bonchev–Trinajstić information content (AvgIpc) is 3.08. The third-order valence-electron chi connectivity index (χ3n) is 9.44. The van der Waals surface area contributed by atoms with Gasteiger partial charge in [-0.2, -0.15) is 0 Å². The number of nitrogens with zero attached hydrogens (tertiary/aromatic N) is 1. The SMILES string of the molecule is CCCCCCCC/C=C\CCCCCCCCOC=C(C[N+](C)(C)CCCO)OCCCCCCCC/C=C\CCCCCCCC. The number of unbranched alkanes of at least 4 members (excludes halogenated alkanes) is 24. The Labute approximate surface area is 301 Å². The van der Waals surface area contributed by atoms with Crippen LogP contribution in [0.15, 0.2) is 36.3 Å². The summed E-state index contributed by atoms with van der Waals surface area (Å²) in [5.74, 6) is 0.954. The van der Waals surface area contributed by atoms with Crippen molar-refractivity contribution in [2.75, 3.05) is 47.0 Å². The van der Waals surface area contributed by atoms with E-state index in [4.69, 9.17) is 9.47 Å². The number of quaternary nitrogens is 1. The average molecular weight is 677 g/mol. The van der Waals surface area contributed by atoms with Gasteiger partial charge in [-0.15, -0.1) is 0 Å². The number of ether oxygens (including phenoxy) is 2. The zero-order valence-corrected chi connectivity index (χ0v) is 33.1. The maximum Gasteiger partial charge on any atom is 0.185 e. The molecule has 0 aromatic carbocycles. The Morgan fingerprint density at radius 1 is 0.479 bits per heavy atom. The Hall–Kier alpha value is -1.26. The van der Waals surface area contributed by atoms with Gasteiger partial charge in [0.25, 0.3) is 0 Å². The van der Waals surface area contributed by atoms with Gasteiger partial charge in [-0.3, -0.25) is 0 Å². The van der Waals surface area contributed by atoms with E-state index in [2.05, 4.69) is 52.2 Å². The van der Waals surface area contributed by atoms with Gasteiger partial charge in [-0.1, -0.05) is 154 Å². The third kappa shape index (κ3) is 37.6. The molecule has 0 aliphatic carbocycles. The topological polar surface area (TPSA) is 38.7 Å². The fourth-order valence-electron chi connectivity index (χ4n) is 6.25. The van der Waals surface area contributed by atoms with E-state index in [0.717, 1.165) is 55.8 Å². The van der Waals surface area contributed by atoms with Crippen LogP contribution < -0.4 is 0 Å². The van der Waals surface area contributed by atoms with Crippen LogP contribution in [0.25, 0.3) is 0 Å². The molecule has 284 valence electrons. The summed E-state index contributed by atoms with van der Waals surface area (Å²) in [6, 6.07) is 0. The van der Waals surface area contributed by atoms with Gasteiger partial charge in [0, 0.05) is 13.0 Å². The van der Waals surface area contributed by atoms with Crippen molar-refractivity contribution in [3.05, 3.63) is 36.3 Å². The monoisotopic (exact) mass is 677 g/mol. The van der Waals surface area contributed by atoms with Crippen molar-refractivity contribution in [1.29, 1.82) is 0 Å². The lowest BCUT2D eigenvalue weighted by molar-refractivity contribution is -0.887. The molecule has 4 heteroatoms. The standard InChI is InChI=1S/C44H86NO3/c1-5-7-9-11-13-15-17-19-21-23-25-27-29-31-33-35-40-47-43-44(42-45(3,4)38-37-39-46)48-41-36-34-32-30-28-26-24-22-20-18-16-14-12-10-8-6-2/h19-22,43,46H,5-18,23-42H2,1-4H3/q+1/b21-19-,22-20-,44-43?. The minimum absolute atomic E-state index is 0.240. The molecule has 48 heavy (non-hydrogen) atoms. The van der Waals surface area contributed by atoms with Crippen molar-refractivity contribution in [2.45, 2.75) is 200 Å². The predicted octanol–water partition coefficient (Wildman–Crippen LogP) is 13.4. The summed E-state index contributed by atoms with van der Waals surface area (Å²) >= 11 is 0. The molecule has 0 amide bonds. The first-order chi connectivity index (χ1) is 23.6. The lowest BCUT2D eigenvalue weighted by Gasteiger charge is -2.30. The summed E-state index contributed by atoms with van der Waals surface area (Å²) in [5.41, 5.74) is 0. The van der Waals surface area contributed by atoms with Crippen LogP contribution in [-0.2, 0) is 9.47 Å². The highest BCUT2D eigenvalue weighted by Crippen LogP contribution is 2.14. The van der Waals surface area contributed by atoms with Crippen LogP contribution in [-0.4, -0.2) is 56.6 Å². The van der Waals surface area contributed by atoms with Crippen molar-refractivity contribution in [2.24, 2.45) is 0 Å². The van der Waals surface area contributed by atoms with Gasteiger partial charge in [-0.05, 0) is 64.2 Å². The van der Waals surface area contributed by atoms with E-state index in [-0.39, 0.29) is 6.61 Å². The maximum absolute atomic E-state index is 9.32. The van der Waals surface area contributed by atoms with Crippen molar-refractivity contribution in [1.82, 2.24) is 0 Å². The molecule has 0 saturated carbocycles. The highest BCUT2D eigenvalue weighted by Gasteiger charge is 2.18. The fourth-order valence-corrected chi connectivity index (χ4v) is 6.25. The molecular weight excluding hydrogens is 590 g/mol. The van der Waals surface area contributed by atoms with Gasteiger partial charge < -0.3 is 19.1 Å². The molecule has 0 saturated heterocycles. The van der Waals surface area contributed by atoms with E-state index in [0.29, 0.717) is 0 Å². The summed E-state index contributed by atoms with van der Waals surface area (Å²) in [6.45, 7) is 8.08. The van der Waals surface area contributed by atoms with Crippen molar-refractivity contribution in [3.8, 4) is 0 Å². The largest absolute Gasteiger partial charge is 0.497 e. The zero-order chi connectivity index (χ0) is 35.1. The lowest BCUT2D eigenvalue weighted by Crippen LogP contribution is -2.42. The van der Waals surface area contributed by atoms with Gasteiger partial charge in [-0.25, -0.2) is 0 Å². The van der Waals surface area contributed by atoms with Gasteiger partial charge in [0.1, 0.15) is 12.8 Å². The van der Waals surface area contributed by atoms with Gasteiger partial charge in [0.2, 0.25) is 0 Å². The second kappa shape index (κ2) is 38.5. The van der Waals surface area contributed by atoms with Crippen LogP contribution in [0.2, 0.25) is 0 Å². The van der Waals surface area contributed by atoms with E-state index in [9.17, 15) is 5.11 Å². The zero-order valence-electron chi connectivity index (χ0n) is 33.1. The predicted molar refractivity (Wildman–Crippen MR) is 212 cm³/mol. The molecule has 0 aliphatic heterocycles. The van der Waals surface area contributed by atoms with Gasteiger partial charge in [0.05, 0.1) is 33.9 Å². The number of likely N-dealkylation sites (N-methyl/N-ethyl adjacent to an activating group) is 1. The number of hydrogen-bond acceptors (Lipinski definition) is 3. The minimum Gasteiger partial charge on any atom is -0.497 e. The summed E-state index contributed by atoms with van der Waals surface area (Å²) in [7, 11) is 4.42. The van der Waals surface area contributed by atoms with Crippen LogP contribution in [0.3, 0.4) is 0 Å². The van der Waals surface area contributed by atoms with Gasteiger partial charge in [0.15, 0.2) is 5.76 Å². The molecule has 0 spiro atoms. The molecule has 4 nitrogen and oxygen atoms in total. The van der Waals surface area contributed by atoms with Crippen molar-refractivity contribution >= 4 is 0 Å². The Kier molecular flexibility index (Phi) is 37.5. The summed E-state index contributed by atoms with van der Waals surface area (Å²) < 4.78 is 13.0. The quantitative estimate of drug-likeness (QED) is 0.0305. The van der Waals surface area contributed by atoms with Gasteiger partial charge >= 0.3 is 0 Å². The maximum atomic E-state index is 9.32. The molecule has 1 N–H and O–H groups in total. The molecule has 0 bridgehead atoms. The van der Waals surface area contributed by atoms with Crippen LogP contribution in [0, 0.1) is 0 Å². The molecule has 0 aliphatic rings. The smallest absolute Gasteiger partial charge is 0.185 e. The summed E-state index contributed by atoms with van der Waals surface area (Å²) in [4.78, 5) is 0. The summed E-state index contributed by atoms with van der Waals surface area (Å²) in [5, 5.41) is 9.32. The van der Waals surface area contributed by atoms with E-state index in [1.807, 2.05) is 6.26 Å². The normalized spacial score (nSPS) is 12.6. The van der Waals surface area contributed by atoms with E-state index in [1.165, 1.54) is 167 Å².